The molecule has 0 heterocycles. The van der Waals surface area contributed by atoms with E-state index in [1.54, 1.807) is 0 Å². The number of halogens is 1. The SMILES string of the molecule is CCCNCc1ccc(N(CC(C)C)CC(C)C)c(Cl)c1. The molecule has 0 atom stereocenters. The van der Waals surface area contributed by atoms with E-state index in [9.17, 15) is 0 Å². The zero-order valence-corrected chi connectivity index (χ0v) is 15.0. The lowest BCUT2D eigenvalue weighted by atomic mass is 10.1. The predicted molar refractivity (Wildman–Crippen MR) is 95.3 cm³/mol. The van der Waals surface area contributed by atoms with Crippen LogP contribution in [-0.2, 0) is 6.54 Å². The van der Waals surface area contributed by atoms with Crippen molar-refractivity contribution in [1.82, 2.24) is 5.32 Å². The van der Waals surface area contributed by atoms with Gasteiger partial charge in [-0.25, -0.2) is 0 Å². The lowest BCUT2D eigenvalue weighted by Gasteiger charge is -2.29. The van der Waals surface area contributed by atoms with E-state index in [0.29, 0.717) is 11.8 Å². The van der Waals surface area contributed by atoms with Gasteiger partial charge in [0.1, 0.15) is 0 Å². The molecule has 120 valence electrons. The quantitative estimate of drug-likeness (QED) is 0.649. The number of hydrogen-bond donors (Lipinski definition) is 1. The molecule has 0 aromatic heterocycles. The van der Waals surface area contributed by atoms with Gasteiger partial charge in [-0.15, -0.1) is 0 Å². The number of nitrogens with zero attached hydrogens (tertiary/aromatic N) is 1. The molecule has 0 aliphatic carbocycles. The summed E-state index contributed by atoms with van der Waals surface area (Å²) in [5.41, 5.74) is 2.42. The van der Waals surface area contributed by atoms with Crippen LogP contribution in [0, 0.1) is 11.8 Å². The van der Waals surface area contributed by atoms with Crippen molar-refractivity contribution in [3.8, 4) is 0 Å². The van der Waals surface area contributed by atoms with Crippen molar-refractivity contribution in [2.24, 2.45) is 11.8 Å². The van der Waals surface area contributed by atoms with Crippen LogP contribution in [0.3, 0.4) is 0 Å². The van der Waals surface area contributed by atoms with Crippen LogP contribution in [-0.4, -0.2) is 19.6 Å². The normalized spacial score (nSPS) is 11.4. The summed E-state index contributed by atoms with van der Waals surface area (Å²) in [5, 5.41) is 4.29. The van der Waals surface area contributed by atoms with Crippen LogP contribution >= 0.6 is 11.6 Å². The highest BCUT2D eigenvalue weighted by Crippen LogP contribution is 2.28. The Morgan fingerprint density at radius 2 is 1.71 bits per heavy atom. The summed E-state index contributed by atoms with van der Waals surface area (Å²) in [6.07, 6.45) is 1.16. The standard InChI is InChI=1S/C18H31ClN2/c1-6-9-20-11-16-7-8-18(17(19)10-16)21(12-14(2)3)13-15(4)5/h7-8,10,14-15,20H,6,9,11-13H2,1-5H3. The van der Waals surface area contributed by atoms with Gasteiger partial charge in [-0.3, -0.25) is 0 Å². The van der Waals surface area contributed by atoms with Gasteiger partial charge in [0.15, 0.2) is 0 Å². The maximum atomic E-state index is 6.53. The average Bonchev–Trinajstić information content (AvgIpc) is 2.37. The van der Waals surface area contributed by atoms with Crippen molar-refractivity contribution in [1.29, 1.82) is 0 Å². The molecular weight excluding hydrogens is 280 g/mol. The van der Waals surface area contributed by atoms with E-state index in [1.165, 1.54) is 11.3 Å². The topological polar surface area (TPSA) is 15.3 Å². The zero-order chi connectivity index (χ0) is 15.8. The Kier molecular flexibility index (Phi) is 8.13. The van der Waals surface area contributed by atoms with Gasteiger partial charge in [-0.2, -0.15) is 0 Å². The number of benzene rings is 1. The fourth-order valence-electron chi connectivity index (χ4n) is 2.48. The van der Waals surface area contributed by atoms with Crippen LogP contribution in [0.15, 0.2) is 18.2 Å². The second-order valence-corrected chi connectivity index (χ2v) is 7.06. The summed E-state index contributed by atoms with van der Waals surface area (Å²) < 4.78 is 0. The highest BCUT2D eigenvalue weighted by Gasteiger charge is 2.14. The third kappa shape index (κ3) is 6.71. The molecule has 21 heavy (non-hydrogen) atoms. The minimum Gasteiger partial charge on any atom is -0.370 e. The van der Waals surface area contributed by atoms with E-state index in [2.05, 4.69) is 63.0 Å². The summed E-state index contributed by atoms with van der Waals surface area (Å²) in [6.45, 7) is 15.2. The number of anilines is 1. The van der Waals surface area contributed by atoms with Crippen molar-refractivity contribution in [2.75, 3.05) is 24.5 Å². The molecular formula is C18H31ClN2. The molecule has 2 nitrogen and oxygen atoms in total. The van der Waals surface area contributed by atoms with E-state index in [4.69, 9.17) is 11.6 Å². The van der Waals surface area contributed by atoms with E-state index in [-0.39, 0.29) is 0 Å². The largest absolute Gasteiger partial charge is 0.370 e. The van der Waals surface area contributed by atoms with E-state index < -0.39 is 0 Å². The molecule has 0 bridgehead atoms. The van der Waals surface area contributed by atoms with Gasteiger partial charge < -0.3 is 10.2 Å². The maximum Gasteiger partial charge on any atom is 0.0642 e. The molecule has 0 radical (unpaired) electrons. The first kappa shape index (κ1) is 18.3. The van der Waals surface area contributed by atoms with Crippen molar-refractivity contribution >= 4 is 17.3 Å². The fraction of sp³-hybridized carbons (Fsp3) is 0.667. The van der Waals surface area contributed by atoms with Crippen LogP contribution in [0.4, 0.5) is 5.69 Å². The lowest BCUT2D eigenvalue weighted by molar-refractivity contribution is 0.552. The van der Waals surface area contributed by atoms with E-state index in [0.717, 1.165) is 37.6 Å². The molecule has 1 N–H and O–H groups in total. The Morgan fingerprint density at radius 1 is 1.10 bits per heavy atom. The van der Waals surface area contributed by atoms with Gasteiger partial charge in [-0.05, 0) is 42.5 Å². The van der Waals surface area contributed by atoms with Gasteiger partial charge in [0.2, 0.25) is 0 Å². The Bertz CT molecular complexity index is 406. The molecule has 1 aromatic carbocycles. The smallest absolute Gasteiger partial charge is 0.0642 e. The van der Waals surface area contributed by atoms with Crippen LogP contribution in [0.1, 0.15) is 46.6 Å². The second kappa shape index (κ2) is 9.32. The van der Waals surface area contributed by atoms with Gasteiger partial charge in [0.05, 0.1) is 10.7 Å². The first-order valence-corrected chi connectivity index (χ1v) is 8.55. The Morgan fingerprint density at radius 3 is 2.19 bits per heavy atom. The first-order valence-electron chi connectivity index (χ1n) is 8.18. The number of hydrogen-bond acceptors (Lipinski definition) is 2. The molecule has 0 fully saturated rings. The lowest BCUT2D eigenvalue weighted by Crippen LogP contribution is -2.31. The van der Waals surface area contributed by atoms with Crippen LogP contribution in [0.5, 0.6) is 0 Å². The second-order valence-electron chi connectivity index (χ2n) is 6.66. The summed E-state index contributed by atoms with van der Waals surface area (Å²) in [7, 11) is 0. The molecule has 1 rings (SSSR count). The Hall–Kier alpha value is -0.730. The Labute approximate surface area is 135 Å². The molecule has 0 spiro atoms. The average molecular weight is 311 g/mol. The fourth-order valence-corrected chi connectivity index (χ4v) is 2.80. The predicted octanol–water partition coefficient (Wildman–Crippen LogP) is 4.96. The van der Waals surface area contributed by atoms with Crippen LogP contribution in [0.2, 0.25) is 5.02 Å². The van der Waals surface area contributed by atoms with Crippen LogP contribution < -0.4 is 10.2 Å². The Balaban J connectivity index is 2.83. The minimum absolute atomic E-state index is 0.630. The molecule has 0 unspecified atom stereocenters. The molecule has 1 aromatic rings. The van der Waals surface area contributed by atoms with Crippen LogP contribution in [0.25, 0.3) is 0 Å². The van der Waals surface area contributed by atoms with Gasteiger partial charge in [0.25, 0.3) is 0 Å². The van der Waals surface area contributed by atoms with Crippen molar-refractivity contribution in [3.63, 3.8) is 0 Å². The number of nitrogens with one attached hydrogen (secondary N) is 1. The maximum absolute atomic E-state index is 6.53. The molecule has 3 heteroatoms. The molecule has 0 aliphatic rings. The summed E-state index contributed by atoms with van der Waals surface area (Å²) in [5.74, 6) is 1.26. The van der Waals surface area contributed by atoms with E-state index in [1.807, 2.05) is 0 Å². The van der Waals surface area contributed by atoms with Gasteiger partial charge in [-0.1, -0.05) is 52.3 Å². The molecule has 0 aliphatic heterocycles. The zero-order valence-electron chi connectivity index (χ0n) is 14.2. The van der Waals surface area contributed by atoms with E-state index >= 15 is 0 Å². The highest BCUT2D eigenvalue weighted by molar-refractivity contribution is 6.33. The highest BCUT2D eigenvalue weighted by atomic mass is 35.5. The van der Waals surface area contributed by atoms with Crippen molar-refractivity contribution in [3.05, 3.63) is 28.8 Å². The van der Waals surface area contributed by atoms with Crippen molar-refractivity contribution < 1.29 is 0 Å². The molecule has 0 amide bonds. The van der Waals surface area contributed by atoms with Gasteiger partial charge >= 0.3 is 0 Å². The first-order chi connectivity index (χ1) is 9.93. The third-order valence-corrected chi connectivity index (χ3v) is 3.58. The summed E-state index contributed by atoms with van der Waals surface area (Å²) in [4.78, 5) is 2.42. The van der Waals surface area contributed by atoms with Crippen molar-refractivity contribution in [2.45, 2.75) is 47.6 Å². The minimum atomic E-state index is 0.630. The third-order valence-electron chi connectivity index (χ3n) is 3.28. The monoisotopic (exact) mass is 310 g/mol. The summed E-state index contributed by atoms with van der Waals surface area (Å²) >= 11 is 6.53. The molecule has 0 saturated heterocycles. The number of rotatable bonds is 9. The molecule has 0 saturated carbocycles. The summed E-state index contributed by atoms with van der Waals surface area (Å²) in [6, 6.07) is 6.47. The van der Waals surface area contributed by atoms with Gasteiger partial charge in [0, 0.05) is 19.6 Å².